The van der Waals surface area contributed by atoms with Crippen LogP contribution in [0.15, 0.2) is 0 Å². The van der Waals surface area contributed by atoms with Gasteiger partial charge >= 0.3 is 7.82 Å². The lowest BCUT2D eigenvalue weighted by Crippen LogP contribution is -2.44. The molecule has 0 heterocycles. The molecule has 2 atom stereocenters. The molecule has 0 spiro atoms. The van der Waals surface area contributed by atoms with Gasteiger partial charge in [-0.2, -0.15) is 0 Å². The molecular formula is C21H47NO4P+. The number of rotatable bonds is 18. The van der Waals surface area contributed by atoms with Gasteiger partial charge in [-0.1, -0.05) is 90.9 Å². The zero-order chi connectivity index (χ0) is 20.8. The molecule has 0 rings (SSSR count). The van der Waals surface area contributed by atoms with Crippen molar-refractivity contribution in [3.8, 4) is 0 Å². The van der Waals surface area contributed by atoms with Crippen molar-refractivity contribution >= 4 is 7.82 Å². The first-order valence-electron chi connectivity index (χ1n) is 11.1. The highest BCUT2D eigenvalue weighted by Crippen LogP contribution is 2.40. The molecule has 0 fully saturated rings. The maximum Gasteiger partial charge on any atom is 0.470 e. The minimum Gasteiger partial charge on any atom is -0.329 e. The van der Waals surface area contributed by atoms with Gasteiger partial charge in [0.15, 0.2) is 0 Å². The Morgan fingerprint density at radius 1 is 0.815 bits per heavy atom. The number of likely N-dealkylation sites (N-methyl/N-ethyl adjacent to an activating group) is 1. The van der Waals surface area contributed by atoms with E-state index in [2.05, 4.69) is 13.8 Å². The zero-order valence-corrected chi connectivity index (χ0v) is 19.6. The highest BCUT2D eigenvalue weighted by Gasteiger charge is 2.31. The van der Waals surface area contributed by atoms with Crippen LogP contribution in [0.25, 0.3) is 0 Å². The molecule has 27 heavy (non-hydrogen) atoms. The molecule has 0 aromatic rings. The van der Waals surface area contributed by atoms with Crippen LogP contribution >= 0.6 is 7.82 Å². The van der Waals surface area contributed by atoms with Gasteiger partial charge < -0.3 is 14.3 Å². The molecular weight excluding hydrogens is 361 g/mol. The van der Waals surface area contributed by atoms with E-state index in [0.717, 1.165) is 12.8 Å². The molecule has 2 N–H and O–H groups in total. The van der Waals surface area contributed by atoms with Crippen molar-refractivity contribution in [2.75, 3.05) is 27.7 Å². The minimum atomic E-state index is -4.44. The topological polar surface area (TPSA) is 66.8 Å². The van der Waals surface area contributed by atoms with Crippen LogP contribution in [0, 0.1) is 5.92 Å². The molecule has 2 unspecified atom stereocenters. The van der Waals surface area contributed by atoms with Crippen molar-refractivity contribution in [1.82, 2.24) is 0 Å². The van der Waals surface area contributed by atoms with Gasteiger partial charge in [0.2, 0.25) is 0 Å². The van der Waals surface area contributed by atoms with E-state index in [1.165, 1.54) is 70.6 Å². The van der Waals surface area contributed by atoms with Gasteiger partial charge in [0.05, 0.1) is 21.1 Å². The summed E-state index contributed by atoms with van der Waals surface area (Å²) < 4.78 is 17.0. The van der Waals surface area contributed by atoms with Gasteiger partial charge in [0.25, 0.3) is 0 Å². The maximum atomic E-state index is 11.3. The zero-order valence-electron chi connectivity index (χ0n) is 18.7. The number of nitrogens with zero attached hydrogens (tertiary/aromatic N) is 1. The summed E-state index contributed by atoms with van der Waals surface area (Å²) in [6, 6.07) is 0. The summed E-state index contributed by atoms with van der Waals surface area (Å²) in [4.78, 5) is 18.4. The first-order chi connectivity index (χ1) is 12.5. The fourth-order valence-electron chi connectivity index (χ4n) is 3.53. The van der Waals surface area contributed by atoms with E-state index >= 15 is 0 Å². The Morgan fingerprint density at radius 3 is 1.59 bits per heavy atom. The first kappa shape index (κ1) is 27.1. The van der Waals surface area contributed by atoms with Crippen molar-refractivity contribution in [2.45, 2.75) is 103 Å². The van der Waals surface area contributed by atoms with Gasteiger partial charge in [-0.3, -0.25) is 4.52 Å². The fourth-order valence-corrected chi connectivity index (χ4v) is 4.15. The molecule has 0 aliphatic rings. The van der Waals surface area contributed by atoms with Gasteiger partial charge in [0, 0.05) is 0 Å². The van der Waals surface area contributed by atoms with Crippen molar-refractivity contribution in [2.24, 2.45) is 5.92 Å². The average molecular weight is 409 g/mol. The smallest absolute Gasteiger partial charge is 0.329 e. The number of phosphoric ester groups is 1. The number of hydrogen-bond acceptors (Lipinski definition) is 2. The Kier molecular flexibility index (Phi) is 15.0. The second-order valence-electron chi connectivity index (χ2n) is 9.26. The fraction of sp³-hybridized carbons (Fsp3) is 1.00. The monoisotopic (exact) mass is 408 g/mol. The molecule has 0 aliphatic heterocycles. The number of phosphoric acid groups is 1. The first-order valence-corrected chi connectivity index (χ1v) is 12.6. The lowest BCUT2D eigenvalue weighted by Gasteiger charge is -2.32. The highest BCUT2D eigenvalue weighted by atomic mass is 31.2. The Morgan fingerprint density at radius 2 is 1.22 bits per heavy atom. The molecule has 0 bridgehead atoms. The highest BCUT2D eigenvalue weighted by molar-refractivity contribution is 7.46. The third kappa shape index (κ3) is 19.2. The summed E-state index contributed by atoms with van der Waals surface area (Å²) in [5.41, 5.74) is 0. The van der Waals surface area contributed by atoms with E-state index in [-0.39, 0.29) is 5.92 Å². The molecule has 5 nitrogen and oxygen atoms in total. The maximum absolute atomic E-state index is 11.3. The van der Waals surface area contributed by atoms with Crippen LogP contribution in [-0.4, -0.2) is 48.1 Å². The minimum absolute atomic E-state index is 0.151. The van der Waals surface area contributed by atoms with Gasteiger partial charge in [0.1, 0.15) is 12.6 Å². The van der Waals surface area contributed by atoms with Gasteiger partial charge in [-0.05, 0) is 12.3 Å². The van der Waals surface area contributed by atoms with Crippen LogP contribution in [-0.2, 0) is 9.09 Å². The van der Waals surface area contributed by atoms with Crippen LogP contribution in [0.1, 0.15) is 97.3 Å². The van der Waals surface area contributed by atoms with Crippen molar-refractivity contribution in [3.63, 3.8) is 0 Å². The summed E-state index contributed by atoms with van der Waals surface area (Å²) in [6.45, 7) is 4.91. The molecule has 0 radical (unpaired) electrons. The van der Waals surface area contributed by atoms with Crippen LogP contribution in [0.5, 0.6) is 0 Å². The van der Waals surface area contributed by atoms with Gasteiger partial charge in [-0.25, -0.2) is 4.57 Å². The molecule has 0 saturated heterocycles. The van der Waals surface area contributed by atoms with E-state index in [1.54, 1.807) is 0 Å². The van der Waals surface area contributed by atoms with Crippen LogP contribution in [0.2, 0.25) is 0 Å². The SMILES string of the molecule is CCCCCCCCCCCCCCC(C)C(C[N+](C)(C)C)OP(=O)(O)O. The third-order valence-corrected chi connectivity index (χ3v) is 5.69. The third-order valence-electron chi connectivity index (χ3n) is 5.15. The molecule has 6 heteroatoms. The van der Waals surface area contributed by atoms with E-state index in [4.69, 9.17) is 4.52 Å². The summed E-state index contributed by atoms with van der Waals surface area (Å²) >= 11 is 0. The molecule has 0 saturated carbocycles. The Labute approximate surface area is 168 Å². The van der Waals surface area contributed by atoms with Crippen molar-refractivity contribution in [3.05, 3.63) is 0 Å². The second-order valence-corrected chi connectivity index (χ2v) is 10.5. The molecule has 0 aromatic heterocycles. The van der Waals surface area contributed by atoms with Crippen LogP contribution in [0.4, 0.5) is 0 Å². The lowest BCUT2D eigenvalue weighted by atomic mass is 9.96. The Balaban J connectivity index is 3.82. The van der Waals surface area contributed by atoms with E-state index in [1.807, 2.05) is 21.1 Å². The molecule has 0 aromatic carbocycles. The van der Waals surface area contributed by atoms with Crippen LogP contribution in [0.3, 0.4) is 0 Å². The predicted octanol–water partition coefficient (Wildman–Crippen LogP) is 5.90. The molecule has 164 valence electrons. The normalized spacial score (nSPS) is 15.1. The Bertz CT molecular complexity index is 392. The van der Waals surface area contributed by atoms with Crippen molar-refractivity contribution in [1.29, 1.82) is 0 Å². The number of unbranched alkanes of at least 4 members (excludes halogenated alkanes) is 11. The second kappa shape index (κ2) is 15.0. The van der Waals surface area contributed by atoms with Gasteiger partial charge in [-0.15, -0.1) is 0 Å². The average Bonchev–Trinajstić information content (AvgIpc) is 2.52. The number of quaternary nitrogens is 1. The Hall–Kier alpha value is 0.0700. The van der Waals surface area contributed by atoms with Crippen molar-refractivity contribution < 1.29 is 23.4 Å². The van der Waals surface area contributed by atoms with E-state index in [9.17, 15) is 14.4 Å². The lowest BCUT2D eigenvalue weighted by molar-refractivity contribution is -0.873. The standard InChI is InChI=1S/C21H46NO4P/c1-6-7-8-9-10-11-12-13-14-15-16-17-18-20(2)21(19-22(3,4)5)26-27(23,24)25/h20-21H,6-19H2,1-5H3,(H-,23,24,25)/p+1. The molecule has 0 amide bonds. The molecule has 0 aliphatic carbocycles. The van der Waals surface area contributed by atoms with E-state index in [0.29, 0.717) is 11.0 Å². The number of hydrogen-bond donors (Lipinski definition) is 2. The summed E-state index contributed by atoms with van der Waals surface area (Å²) in [6.07, 6.45) is 16.4. The van der Waals surface area contributed by atoms with Crippen LogP contribution < -0.4 is 0 Å². The van der Waals surface area contributed by atoms with E-state index < -0.39 is 13.9 Å². The quantitative estimate of drug-likeness (QED) is 0.168. The summed E-state index contributed by atoms with van der Waals surface area (Å²) in [5, 5.41) is 0. The summed E-state index contributed by atoms with van der Waals surface area (Å²) in [5.74, 6) is 0.151. The summed E-state index contributed by atoms with van der Waals surface area (Å²) in [7, 11) is 1.62. The largest absolute Gasteiger partial charge is 0.470 e. The predicted molar refractivity (Wildman–Crippen MR) is 115 cm³/mol.